The first-order valence-corrected chi connectivity index (χ1v) is 7.12. The van der Waals surface area contributed by atoms with Crippen LogP contribution in [0.25, 0.3) is 0 Å². The molecule has 1 N–H and O–H groups in total. The van der Waals surface area contributed by atoms with Crippen molar-refractivity contribution in [1.82, 2.24) is 10.2 Å². The molecule has 0 saturated carbocycles. The normalized spacial score (nSPS) is 20.6. The monoisotopic (exact) mass is 266 g/mol. The summed E-state index contributed by atoms with van der Waals surface area (Å²) in [6, 6.07) is 3.86. The Bertz CT molecular complexity index is 456. The molecule has 1 aliphatic heterocycles. The van der Waals surface area contributed by atoms with Crippen LogP contribution < -0.4 is 5.32 Å². The van der Waals surface area contributed by atoms with Crippen LogP contribution in [0, 0.1) is 0 Å². The Morgan fingerprint density at radius 1 is 1.33 bits per heavy atom. The van der Waals surface area contributed by atoms with Gasteiger partial charge in [-0.25, -0.2) is 0 Å². The summed E-state index contributed by atoms with van der Waals surface area (Å²) in [6.45, 7) is 4.73. The minimum absolute atomic E-state index is 0.0970. The molecule has 4 nitrogen and oxygen atoms in total. The summed E-state index contributed by atoms with van der Waals surface area (Å²) in [7, 11) is 0. The number of nitrogens with zero attached hydrogens (tertiary/aromatic N) is 1. The first-order chi connectivity index (χ1) is 8.65. The Balaban J connectivity index is 2.10. The van der Waals surface area contributed by atoms with E-state index in [1.165, 1.54) is 9.78 Å². The van der Waals surface area contributed by atoms with Gasteiger partial charge in [0, 0.05) is 9.75 Å². The number of rotatable bonds is 4. The predicted molar refractivity (Wildman–Crippen MR) is 71.3 cm³/mol. The van der Waals surface area contributed by atoms with Crippen molar-refractivity contribution in [2.75, 3.05) is 6.54 Å². The largest absolute Gasteiger partial charge is 0.297 e. The maximum absolute atomic E-state index is 12.1. The molecule has 2 amide bonds. The molecule has 2 heterocycles. The average molecular weight is 266 g/mol. The molecule has 1 saturated heterocycles. The zero-order chi connectivity index (χ0) is 13.1. The topological polar surface area (TPSA) is 49.4 Å². The van der Waals surface area contributed by atoms with Gasteiger partial charge in [0.25, 0.3) is 0 Å². The Morgan fingerprint density at radius 3 is 2.67 bits per heavy atom. The number of nitrogens with one attached hydrogen (secondary N) is 1. The highest BCUT2D eigenvalue weighted by Crippen LogP contribution is 2.20. The lowest BCUT2D eigenvalue weighted by Crippen LogP contribution is -2.57. The number of imide groups is 1. The molecule has 0 aromatic carbocycles. The molecule has 0 bridgehead atoms. The molecule has 1 unspecified atom stereocenters. The standard InChI is InChI=1S/C13H18N2O2S/c1-3-9-5-6-10(18-9)8-15-12(16)7-14-11(4-2)13(15)17/h5-6,11,14H,3-4,7-8H2,1-2H3. The van der Waals surface area contributed by atoms with Crippen LogP contribution in [-0.4, -0.2) is 29.3 Å². The van der Waals surface area contributed by atoms with Crippen molar-refractivity contribution in [3.8, 4) is 0 Å². The number of carbonyl (C=O) groups is 2. The van der Waals surface area contributed by atoms with Crippen LogP contribution in [0.5, 0.6) is 0 Å². The Hall–Kier alpha value is -1.20. The van der Waals surface area contributed by atoms with Gasteiger partial charge < -0.3 is 0 Å². The van der Waals surface area contributed by atoms with E-state index in [2.05, 4.69) is 18.3 Å². The molecular formula is C13H18N2O2S. The number of hydrogen-bond acceptors (Lipinski definition) is 4. The lowest BCUT2D eigenvalue weighted by atomic mass is 10.1. The molecule has 1 aromatic rings. The highest BCUT2D eigenvalue weighted by molar-refractivity contribution is 7.11. The number of amides is 2. The van der Waals surface area contributed by atoms with Crippen molar-refractivity contribution in [2.45, 2.75) is 39.3 Å². The molecule has 0 aliphatic carbocycles. The summed E-state index contributed by atoms with van der Waals surface area (Å²) in [4.78, 5) is 27.6. The van der Waals surface area contributed by atoms with Crippen LogP contribution in [0.15, 0.2) is 12.1 Å². The van der Waals surface area contributed by atoms with Crippen LogP contribution in [0.2, 0.25) is 0 Å². The van der Waals surface area contributed by atoms with Crippen LogP contribution in [0.1, 0.15) is 30.0 Å². The van der Waals surface area contributed by atoms with Gasteiger partial charge in [-0.3, -0.25) is 19.8 Å². The van der Waals surface area contributed by atoms with Crippen molar-refractivity contribution < 1.29 is 9.59 Å². The third kappa shape index (κ3) is 2.62. The smallest absolute Gasteiger partial charge is 0.246 e. The fraction of sp³-hybridized carbons (Fsp3) is 0.538. The fourth-order valence-corrected chi connectivity index (χ4v) is 2.99. The maximum atomic E-state index is 12.1. The fourth-order valence-electron chi connectivity index (χ4n) is 2.04. The molecule has 5 heteroatoms. The lowest BCUT2D eigenvalue weighted by Gasteiger charge is -2.30. The van der Waals surface area contributed by atoms with Crippen molar-refractivity contribution in [2.24, 2.45) is 0 Å². The van der Waals surface area contributed by atoms with Crippen molar-refractivity contribution in [3.63, 3.8) is 0 Å². The highest BCUT2D eigenvalue weighted by atomic mass is 32.1. The first-order valence-electron chi connectivity index (χ1n) is 6.30. The van der Waals surface area contributed by atoms with Gasteiger partial charge in [-0.05, 0) is 25.0 Å². The number of thiophene rings is 1. The van der Waals surface area contributed by atoms with Gasteiger partial charge in [0.2, 0.25) is 11.8 Å². The second-order valence-corrected chi connectivity index (χ2v) is 5.63. The van der Waals surface area contributed by atoms with E-state index in [0.717, 1.165) is 11.3 Å². The lowest BCUT2D eigenvalue weighted by molar-refractivity contribution is -0.150. The van der Waals surface area contributed by atoms with Crippen molar-refractivity contribution in [1.29, 1.82) is 0 Å². The average Bonchev–Trinajstić information content (AvgIpc) is 2.82. The molecule has 1 fully saturated rings. The van der Waals surface area contributed by atoms with Gasteiger partial charge in [0.15, 0.2) is 0 Å². The molecular weight excluding hydrogens is 248 g/mol. The van der Waals surface area contributed by atoms with E-state index in [1.54, 1.807) is 11.3 Å². The molecule has 1 atom stereocenters. The Morgan fingerprint density at radius 2 is 2.06 bits per heavy atom. The number of hydrogen-bond donors (Lipinski definition) is 1. The molecule has 0 radical (unpaired) electrons. The molecule has 0 spiro atoms. The van der Waals surface area contributed by atoms with Gasteiger partial charge in [-0.15, -0.1) is 11.3 Å². The van der Waals surface area contributed by atoms with E-state index >= 15 is 0 Å². The van der Waals surface area contributed by atoms with E-state index < -0.39 is 0 Å². The van der Waals surface area contributed by atoms with Gasteiger partial charge >= 0.3 is 0 Å². The van der Waals surface area contributed by atoms with E-state index in [9.17, 15) is 9.59 Å². The zero-order valence-electron chi connectivity index (χ0n) is 10.7. The van der Waals surface area contributed by atoms with Crippen molar-refractivity contribution >= 4 is 23.2 Å². The molecule has 1 aliphatic rings. The Labute approximate surface area is 111 Å². The maximum Gasteiger partial charge on any atom is 0.246 e. The van der Waals surface area contributed by atoms with Gasteiger partial charge in [-0.2, -0.15) is 0 Å². The van der Waals surface area contributed by atoms with Crippen LogP contribution in [-0.2, 0) is 22.6 Å². The number of carbonyl (C=O) groups excluding carboxylic acids is 2. The summed E-state index contributed by atoms with van der Waals surface area (Å²) in [5.74, 6) is -0.226. The highest BCUT2D eigenvalue weighted by Gasteiger charge is 2.32. The third-order valence-electron chi connectivity index (χ3n) is 3.15. The molecule has 18 heavy (non-hydrogen) atoms. The Kier molecular flexibility index (Phi) is 4.14. The summed E-state index contributed by atoms with van der Waals surface area (Å²) in [5, 5.41) is 2.96. The minimum Gasteiger partial charge on any atom is -0.297 e. The van der Waals surface area contributed by atoms with Gasteiger partial charge in [0.05, 0.1) is 19.1 Å². The number of aryl methyl sites for hydroxylation is 1. The van der Waals surface area contributed by atoms with Crippen molar-refractivity contribution in [3.05, 3.63) is 21.9 Å². The number of piperazine rings is 1. The summed E-state index contributed by atoms with van der Waals surface area (Å²) >= 11 is 1.67. The summed E-state index contributed by atoms with van der Waals surface area (Å²) in [6.07, 6.45) is 1.71. The first kappa shape index (κ1) is 13.2. The van der Waals surface area contributed by atoms with E-state index in [0.29, 0.717) is 13.0 Å². The van der Waals surface area contributed by atoms with E-state index in [-0.39, 0.29) is 24.4 Å². The van der Waals surface area contributed by atoms with E-state index in [1.807, 2.05) is 13.0 Å². The molecule has 2 rings (SSSR count). The van der Waals surface area contributed by atoms with Crippen LogP contribution in [0.3, 0.4) is 0 Å². The summed E-state index contributed by atoms with van der Waals surface area (Å²) in [5.41, 5.74) is 0. The summed E-state index contributed by atoms with van der Waals surface area (Å²) < 4.78 is 0. The second kappa shape index (κ2) is 5.63. The SMILES string of the molecule is CCc1ccc(CN2C(=O)CNC(CC)C2=O)s1. The molecule has 98 valence electrons. The third-order valence-corrected chi connectivity index (χ3v) is 4.37. The van der Waals surface area contributed by atoms with Gasteiger partial charge in [0.1, 0.15) is 0 Å². The predicted octanol–water partition coefficient (Wildman–Crippen LogP) is 1.55. The van der Waals surface area contributed by atoms with Crippen LogP contribution in [0.4, 0.5) is 0 Å². The zero-order valence-corrected chi connectivity index (χ0v) is 11.5. The van der Waals surface area contributed by atoms with Crippen LogP contribution >= 0.6 is 11.3 Å². The van der Waals surface area contributed by atoms with E-state index in [4.69, 9.17) is 0 Å². The second-order valence-electron chi connectivity index (χ2n) is 4.38. The molecule has 1 aromatic heterocycles. The quantitative estimate of drug-likeness (QED) is 0.841. The van der Waals surface area contributed by atoms with Gasteiger partial charge in [-0.1, -0.05) is 13.8 Å². The minimum atomic E-state index is -0.215.